The van der Waals surface area contributed by atoms with Crippen LogP contribution in [0.25, 0.3) is 0 Å². The molecule has 24 heavy (non-hydrogen) atoms. The fourth-order valence-corrected chi connectivity index (χ4v) is 3.17. The predicted molar refractivity (Wildman–Crippen MR) is 98.5 cm³/mol. The summed E-state index contributed by atoms with van der Waals surface area (Å²) in [6, 6.07) is 6.44. The van der Waals surface area contributed by atoms with Crippen LogP contribution in [0.15, 0.2) is 18.2 Å². The van der Waals surface area contributed by atoms with Gasteiger partial charge in [0.05, 0.1) is 0 Å². The number of rotatable bonds is 5. The van der Waals surface area contributed by atoms with Gasteiger partial charge in [-0.15, -0.1) is 0 Å². The van der Waals surface area contributed by atoms with Crippen LogP contribution in [0, 0.1) is 5.92 Å². The van der Waals surface area contributed by atoms with Crippen LogP contribution < -0.4 is 10.6 Å². The van der Waals surface area contributed by atoms with Crippen LogP contribution >= 0.6 is 11.6 Å². The molecule has 0 saturated carbocycles. The topological polar surface area (TPSA) is 50.4 Å². The van der Waals surface area contributed by atoms with Gasteiger partial charge in [0.1, 0.15) is 5.60 Å². The number of benzene rings is 1. The number of halogens is 1. The Kier molecular flexibility index (Phi) is 6.16. The molecule has 5 heteroatoms. The molecule has 0 aliphatic heterocycles. The third-order valence-electron chi connectivity index (χ3n) is 4.27. The first kappa shape index (κ1) is 19.1. The van der Waals surface area contributed by atoms with Crippen molar-refractivity contribution in [3.63, 3.8) is 0 Å². The Balaban J connectivity index is 1.92. The van der Waals surface area contributed by atoms with Crippen LogP contribution in [0.5, 0.6) is 0 Å². The van der Waals surface area contributed by atoms with Crippen molar-refractivity contribution in [2.45, 2.75) is 65.1 Å². The summed E-state index contributed by atoms with van der Waals surface area (Å²) < 4.78 is 5.37. The predicted octanol–water partition coefficient (Wildman–Crippen LogP) is 4.47. The van der Waals surface area contributed by atoms with Crippen LogP contribution in [0.2, 0.25) is 5.02 Å². The van der Waals surface area contributed by atoms with Gasteiger partial charge in [0.25, 0.3) is 0 Å². The zero-order valence-corrected chi connectivity index (χ0v) is 16.0. The summed E-state index contributed by atoms with van der Waals surface area (Å²) in [6.07, 6.45) is 1.74. The first-order valence-electron chi connectivity index (χ1n) is 8.67. The molecule has 4 nitrogen and oxygen atoms in total. The Morgan fingerprint density at radius 3 is 2.71 bits per heavy atom. The minimum atomic E-state index is -0.483. The Bertz CT molecular complexity index is 581. The molecule has 0 aromatic heterocycles. The molecule has 0 saturated heterocycles. The molecular weight excluding hydrogens is 324 g/mol. The number of aryl methyl sites for hydroxylation is 1. The summed E-state index contributed by atoms with van der Waals surface area (Å²) >= 11 is 6.07. The van der Waals surface area contributed by atoms with Crippen molar-refractivity contribution in [2.75, 3.05) is 6.54 Å². The van der Waals surface area contributed by atoms with Gasteiger partial charge < -0.3 is 15.4 Å². The van der Waals surface area contributed by atoms with Gasteiger partial charge in [-0.3, -0.25) is 0 Å². The first-order chi connectivity index (χ1) is 11.2. The van der Waals surface area contributed by atoms with Crippen LogP contribution in [-0.4, -0.2) is 24.3 Å². The number of hydrogen-bond donors (Lipinski definition) is 2. The van der Waals surface area contributed by atoms with E-state index in [1.54, 1.807) is 0 Å². The lowest BCUT2D eigenvalue weighted by molar-refractivity contribution is 0.0489. The van der Waals surface area contributed by atoms with E-state index in [1.165, 1.54) is 11.1 Å². The fourth-order valence-electron chi connectivity index (χ4n) is 2.98. The molecule has 1 aliphatic carbocycles. The second kappa shape index (κ2) is 7.75. The monoisotopic (exact) mass is 352 g/mol. The second-order valence-electron chi connectivity index (χ2n) is 7.84. The molecule has 2 N–H and O–H groups in total. The van der Waals surface area contributed by atoms with Crippen molar-refractivity contribution >= 4 is 17.7 Å². The van der Waals surface area contributed by atoms with Crippen molar-refractivity contribution < 1.29 is 9.53 Å². The van der Waals surface area contributed by atoms with Crippen molar-refractivity contribution in [3.8, 4) is 0 Å². The quantitative estimate of drug-likeness (QED) is 0.822. The number of amides is 1. The number of hydrogen-bond acceptors (Lipinski definition) is 3. The highest BCUT2D eigenvalue weighted by Crippen LogP contribution is 2.32. The summed E-state index contributed by atoms with van der Waals surface area (Å²) in [4.78, 5) is 12.0. The number of carbonyl (C=O) groups excluding carboxylic acids is 1. The molecule has 0 spiro atoms. The van der Waals surface area contributed by atoms with Crippen molar-refractivity contribution in [3.05, 3.63) is 34.3 Å². The van der Waals surface area contributed by atoms with E-state index >= 15 is 0 Å². The van der Waals surface area contributed by atoms with Gasteiger partial charge in [-0.1, -0.05) is 31.5 Å². The number of fused-ring (bicyclic) bond motifs is 1. The standard InChI is InChI=1S/C19H29ClN2O2/c1-12(2)17(22-18(23)24-19(3,4)5)11-21-16-9-6-13-10-14(20)7-8-15(13)16/h7-8,10,12,16-17,21H,6,9,11H2,1-5H3,(H,22,23). The van der Waals surface area contributed by atoms with E-state index in [-0.39, 0.29) is 12.1 Å². The number of carbonyl (C=O) groups is 1. The number of ether oxygens (including phenoxy) is 1. The highest BCUT2D eigenvalue weighted by Gasteiger charge is 2.25. The summed E-state index contributed by atoms with van der Waals surface area (Å²) in [5, 5.41) is 7.37. The molecule has 1 amide bonds. The molecule has 0 heterocycles. The molecule has 2 rings (SSSR count). The van der Waals surface area contributed by atoms with Crippen LogP contribution in [0.1, 0.15) is 58.2 Å². The molecule has 1 aromatic carbocycles. The Labute approximate surface area is 150 Å². The number of alkyl carbamates (subject to hydrolysis) is 1. The third kappa shape index (κ3) is 5.38. The van der Waals surface area contributed by atoms with Crippen LogP contribution in [-0.2, 0) is 11.2 Å². The van der Waals surface area contributed by atoms with Crippen LogP contribution in [0.3, 0.4) is 0 Å². The molecular formula is C19H29ClN2O2. The third-order valence-corrected chi connectivity index (χ3v) is 4.51. The minimum Gasteiger partial charge on any atom is -0.444 e. The SMILES string of the molecule is CC(C)C(CNC1CCc2cc(Cl)ccc21)NC(=O)OC(C)(C)C. The van der Waals surface area contributed by atoms with E-state index in [1.807, 2.05) is 26.8 Å². The first-order valence-corrected chi connectivity index (χ1v) is 9.05. The summed E-state index contributed by atoms with van der Waals surface area (Å²) in [5.74, 6) is 0.316. The van der Waals surface area contributed by atoms with E-state index in [0.717, 1.165) is 17.9 Å². The van der Waals surface area contributed by atoms with E-state index < -0.39 is 5.60 Å². The summed E-state index contributed by atoms with van der Waals surface area (Å²) in [7, 11) is 0. The van der Waals surface area contributed by atoms with Crippen molar-refractivity contribution in [2.24, 2.45) is 5.92 Å². The fraction of sp³-hybridized carbons (Fsp3) is 0.632. The molecule has 0 bridgehead atoms. The molecule has 134 valence electrons. The van der Waals surface area contributed by atoms with Crippen molar-refractivity contribution in [1.29, 1.82) is 0 Å². The van der Waals surface area contributed by atoms with Gasteiger partial charge in [0.15, 0.2) is 0 Å². The van der Waals surface area contributed by atoms with Crippen LogP contribution in [0.4, 0.5) is 4.79 Å². The molecule has 1 aliphatic rings. The van der Waals surface area contributed by atoms with E-state index in [4.69, 9.17) is 16.3 Å². The maximum absolute atomic E-state index is 12.0. The van der Waals surface area contributed by atoms with Gasteiger partial charge in [0.2, 0.25) is 0 Å². The summed E-state index contributed by atoms with van der Waals surface area (Å²) in [5.41, 5.74) is 2.16. The van der Waals surface area contributed by atoms with Gasteiger partial charge in [0, 0.05) is 23.7 Å². The molecule has 0 radical (unpaired) electrons. The molecule has 1 aromatic rings. The Morgan fingerprint density at radius 1 is 1.38 bits per heavy atom. The maximum atomic E-state index is 12.0. The number of nitrogens with one attached hydrogen (secondary N) is 2. The molecule has 2 unspecified atom stereocenters. The van der Waals surface area contributed by atoms with E-state index in [2.05, 4.69) is 36.6 Å². The zero-order valence-electron chi connectivity index (χ0n) is 15.3. The average molecular weight is 353 g/mol. The summed E-state index contributed by atoms with van der Waals surface area (Å²) in [6.45, 7) is 10.5. The van der Waals surface area contributed by atoms with Gasteiger partial charge in [-0.25, -0.2) is 4.79 Å². The van der Waals surface area contributed by atoms with Gasteiger partial charge in [-0.05, 0) is 62.8 Å². The van der Waals surface area contributed by atoms with Gasteiger partial charge >= 0.3 is 6.09 Å². The normalized spacial score (nSPS) is 18.4. The Morgan fingerprint density at radius 2 is 2.08 bits per heavy atom. The van der Waals surface area contributed by atoms with E-state index in [9.17, 15) is 4.79 Å². The lowest BCUT2D eigenvalue weighted by atomic mass is 10.0. The lowest BCUT2D eigenvalue weighted by Gasteiger charge is -2.27. The highest BCUT2D eigenvalue weighted by atomic mass is 35.5. The average Bonchev–Trinajstić information content (AvgIpc) is 2.83. The molecule has 0 fully saturated rings. The zero-order chi connectivity index (χ0) is 17.9. The minimum absolute atomic E-state index is 0.0243. The lowest BCUT2D eigenvalue weighted by Crippen LogP contribution is -2.47. The smallest absolute Gasteiger partial charge is 0.407 e. The Hall–Kier alpha value is -1.26. The highest BCUT2D eigenvalue weighted by molar-refractivity contribution is 6.30. The maximum Gasteiger partial charge on any atom is 0.407 e. The second-order valence-corrected chi connectivity index (χ2v) is 8.28. The molecule has 2 atom stereocenters. The van der Waals surface area contributed by atoms with Gasteiger partial charge in [-0.2, -0.15) is 0 Å². The van der Waals surface area contributed by atoms with E-state index in [0.29, 0.717) is 18.5 Å². The van der Waals surface area contributed by atoms with Crippen molar-refractivity contribution in [1.82, 2.24) is 10.6 Å². The largest absolute Gasteiger partial charge is 0.444 e.